The van der Waals surface area contributed by atoms with Crippen LogP contribution in [-0.4, -0.2) is 26.2 Å². The zero-order chi connectivity index (χ0) is 22.4. The third-order valence-electron chi connectivity index (χ3n) is 3.91. The molecule has 0 aliphatic heterocycles. The molecule has 3 aromatic rings. The van der Waals surface area contributed by atoms with Gasteiger partial charge >= 0.3 is 0 Å². The van der Waals surface area contributed by atoms with E-state index in [0.717, 1.165) is 12.4 Å². The van der Waals surface area contributed by atoms with E-state index in [9.17, 15) is 24.4 Å². The molecule has 1 aromatic carbocycles. The first-order chi connectivity index (χ1) is 14.8. The fourth-order valence-corrected chi connectivity index (χ4v) is 3.38. The minimum absolute atomic E-state index is 0.0213. The summed E-state index contributed by atoms with van der Waals surface area (Å²) in [6, 6.07) is 13.4. The fourth-order valence-electron chi connectivity index (χ4n) is 2.31. The van der Waals surface area contributed by atoms with Crippen molar-refractivity contribution in [2.45, 2.75) is 4.90 Å². The summed E-state index contributed by atoms with van der Waals surface area (Å²) in [7, 11) is -2.95. The predicted octanol–water partition coefficient (Wildman–Crippen LogP) is 4.12. The highest BCUT2D eigenvalue weighted by Gasteiger charge is 2.15. The maximum atomic E-state index is 12.9. The van der Waals surface area contributed by atoms with Crippen LogP contribution in [0, 0.1) is 21.4 Å². The summed E-state index contributed by atoms with van der Waals surface area (Å²) in [4.78, 5) is 26.4. The molecule has 156 valence electrons. The van der Waals surface area contributed by atoms with E-state index < -0.39 is 20.4 Å². The number of aromatic nitrogens is 1. The third kappa shape index (κ3) is 5.20. The summed E-state index contributed by atoms with van der Waals surface area (Å²) in [5, 5.41) is 19.9. The van der Waals surface area contributed by atoms with Crippen LogP contribution >= 0.6 is 0 Å². The first kappa shape index (κ1) is 21.4. The van der Waals surface area contributed by atoms with Gasteiger partial charge in [-0.2, -0.15) is 5.26 Å². The highest BCUT2D eigenvalue weighted by Crippen LogP contribution is 2.23. The van der Waals surface area contributed by atoms with Crippen LogP contribution in [0.15, 0.2) is 86.4 Å². The molecule has 0 radical (unpaired) electrons. The zero-order valence-corrected chi connectivity index (χ0v) is 16.8. The molecule has 2 aromatic heterocycles. The van der Waals surface area contributed by atoms with Gasteiger partial charge in [0.1, 0.15) is 23.6 Å². The first-order valence-corrected chi connectivity index (χ1v) is 10.5. The molecule has 31 heavy (non-hydrogen) atoms. The average Bonchev–Trinajstić information content (AvgIpc) is 3.30. The second-order valence-corrected chi connectivity index (χ2v) is 8.34. The predicted molar refractivity (Wildman–Crippen MR) is 109 cm³/mol. The van der Waals surface area contributed by atoms with Crippen molar-refractivity contribution < 1.29 is 23.1 Å². The molecule has 10 nitrogen and oxygen atoms in total. The summed E-state index contributed by atoms with van der Waals surface area (Å²) in [5.41, 5.74) is -0.473. The second kappa shape index (κ2) is 9.02. The lowest BCUT2D eigenvalue weighted by atomic mass is 10.1. The Labute approximate surface area is 176 Å². The van der Waals surface area contributed by atoms with Crippen LogP contribution in [0.3, 0.4) is 0 Å². The Bertz CT molecular complexity index is 1300. The first-order valence-electron chi connectivity index (χ1n) is 8.58. The van der Waals surface area contributed by atoms with Crippen molar-refractivity contribution in [2.75, 3.05) is 6.26 Å². The van der Waals surface area contributed by atoms with E-state index in [1.807, 2.05) is 0 Å². The number of benzene rings is 1. The number of nitrogens with zero attached hydrogens (tertiary/aromatic N) is 4. The quantitative estimate of drug-likeness (QED) is 0.176. The van der Waals surface area contributed by atoms with Gasteiger partial charge in [0, 0.05) is 23.3 Å². The topological polar surface area (TPSA) is 149 Å². The van der Waals surface area contributed by atoms with Crippen molar-refractivity contribution in [3.8, 4) is 17.7 Å². The minimum atomic E-state index is -2.95. The van der Waals surface area contributed by atoms with Crippen molar-refractivity contribution in [3.05, 3.63) is 88.6 Å². The highest BCUT2D eigenvalue weighted by molar-refractivity contribution is 7.93. The minimum Gasteiger partial charge on any atom is -0.461 e. The number of ether oxygens (including phenoxy) is 1. The third-order valence-corrected chi connectivity index (χ3v) is 5.56. The van der Waals surface area contributed by atoms with Crippen LogP contribution in [0.4, 0.5) is 5.69 Å². The number of allylic oxidation sites excluding steroid dienone is 1. The van der Waals surface area contributed by atoms with Gasteiger partial charge in [-0.1, -0.05) is 0 Å². The van der Waals surface area contributed by atoms with E-state index >= 15 is 0 Å². The Morgan fingerprint density at radius 2 is 2.03 bits per heavy atom. The van der Waals surface area contributed by atoms with Gasteiger partial charge < -0.3 is 9.15 Å². The number of pyridine rings is 1. The van der Waals surface area contributed by atoms with Gasteiger partial charge in [-0.15, -0.1) is 0 Å². The summed E-state index contributed by atoms with van der Waals surface area (Å²) in [6.45, 7) is 0. The number of ketones is 1. The van der Waals surface area contributed by atoms with Crippen LogP contribution in [-0.2, 0) is 9.73 Å². The van der Waals surface area contributed by atoms with Gasteiger partial charge in [-0.05, 0) is 36.4 Å². The molecule has 0 spiro atoms. The van der Waals surface area contributed by atoms with E-state index in [-0.39, 0.29) is 22.9 Å². The summed E-state index contributed by atoms with van der Waals surface area (Å²) in [5.74, 6) is -0.169. The highest BCUT2D eigenvalue weighted by atomic mass is 32.2. The molecule has 0 aliphatic rings. The molecule has 0 amide bonds. The number of carbonyl (C=O) groups excluding carboxylic acids is 1. The van der Waals surface area contributed by atoms with E-state index in [4.69, 9.17) is 9.15 Å². The number of hydrogen-bond donors (Lipinski definition) is 0. The van der Waals surface area contributed by atoms with Gasteiger partial charge in [0.05, 0.1) is 27.1 Å². The number of nitro groups is 1. The molecule has 1 unspecified atom stereocenters. The molecule has 11 heteroatoms. The van der Waals surface area contributed by atoms with Gasteiger partial charge in [0.2, 0.25) is 11.7 Å². The maximum absolute atomic E-state index is 12.9. The monoisotopic (exact) mass is 438 g/mol. The molecule has 0 bridgehead atoms. The Morgan fingerprint density at radius 3 is 2.58 bits per heavy atom. The van der Waals surface area contributed by atoms with Gasteiger partial charge in [0.15, 0.2) is 5.76 Å². The molecule has 0 fully saturated rings. The van der Waals surface area contributed by atoms with Crippen molar-refractivity contribution in [1.29, 1.82) is 5.26 Å². The number of furan rings is 1. The average molecular weight is 438 g/mol. The van der Waals surface area contributed by atoms with E-state index in [2.05, 4.69) is 9.35 Å². The number of hydrogen-bond acceptors (Lipinski definition) is 9. The van der Waals surface area contributed by atoms with Gasteiger partial charge in [0.25, 0.3) is 5.69 Å². The van der Waals surface area contributed by atoms with Crippen LogP contribution in [0.25, 0.3) is 0 Å². The molecular formula is C20H14N4O6S. The molecule has 0 aliphatic carbocycles. The lowest BCUT2D eigenvalue weighted by Crippen LogP contribution is -2.01. The van der Waals surface area contributed by atoms with Gasteiger partial charge in [-0.3, -0.25) is 14.9 Å². The standard InChI is InChI=1S/C20H14N4O6S/c1-31(28,23-12-14(11-21)20(25)18-3-2-10-29-18)17-7-5-16(6-8-17)30-19-9-4-15(13-22-19)24(26)27/h2-10,12-13H,1H3. The molecule has 1 atom stereocenters. The summed E-state index contributed by atoms with van der Waals surface area (Å²) in [6.07, 6.45) is 4.71. The molecule has 3 rings (SSSR count). The molecule has 2 heterocycles. The lowest BCUT2D eigenvalue weighted by molar-refractivity contribution is -0.385. The molecule has 0 N–H and O–H groups in total. The normalized spacial score (nSPS) is 13.0. The number of rotatable bonds is 7. The summed E-state index contributed by atoms with van der Waals surface area (Å²) < 4.78 is 27.3. The van der Waals surface area contributed by atoms with Crippen molar-refractivity contribution in [3.63, 3.8) is 0 Å². The summed E-state index contributed by atoms with van der Waals surface area (Å²) >= 11 is 0. The van der Waals surface area contributed by atoms with E-state index in [1.165, 1.54) is 61.0 Å². The Balaban J connectivity index is 1.78. The van der Waals surface area contributed by atoms with E-state index in [0.29, 0.717) is 10.6 Å². The smallest absolute Gasteiger partial charge is 0.287 e. The Hall–Kier alpha value is -4.30. The largest absolute Gasteiger partial charge is 0.461 e. The van der Waals surface area contributed by atoms with Crippen LogP contribution in [0.5, 0.6) is 11.6 Å². The number of nitriles is 1. The number of carbonyl (C=O) groups is 1. The maximum Gasteiger partial charge on any atom is 0.287 e. The lowest BCUT2D eigenvalue weighted by Gasteiger charge is -2.07. The molecular weight excluding hydrogens is 424 g/mol. The Kier molecular flexibility index (Phi) is 6.23. The van der Waals surface area contributed by atoms with Gasteiger partial charge in [-0.25, -0.2) is 13.6 Å². The molecule has 0 saturated carbocycles. The SMILES string of the molecule is CS(=O)(=NC=C(C#N)C(=O)c1ccco1)c1ccc(Oc2ccc([N+](=O)[O-])cn2)cc1. The van der Waals surface area contributed by atoms with Crippen LogP contribution in [0.1, 0.15) is 10.6 Å². The van der Waals surface area contributed by atoms with Crippen molar-refractivity contribution in [2.24, 2.45) is 4.36 Å². The second-order valence-electron chi connectivity index (χ2n) is 6.05. The van der Waals surface area contributed by atoms with Crippen LogP contribution in [0.2, 0.25) is 0 Å². The Morgan fingerprint density at radius 1 is 1.29 bits per heavy atom. The molecule has 0 saturated heterocycles. The fraction of sp³-hybridized carbons (Fsp3) is 0.0500. The number of Topliss-reactive ketones (excluding diaryl/α,β-unsaturated/α-hetero) is 1. The van der Waals surface area contributed by atoms with E-state index in [1.54, 1.807) is 6.07 Å². The van der Waals surface area contributed by atoms with Crippen LogP contribution < -0.4 is 4.74 Å². The van der Waals surface area contributed by atoms with Crippen molar-refractivity contribution >= 4 is 21.2 Å². The van der Waals surface area contributed by atoms with Crippen molar-refractivity contribution in [1.82, 2.24) is 4.98 Å². The zero-order valence-electron chi connectivity index (χ0n) is 16.0.